The third kappa shape index (κ3) is 1.16. The Labute approximate surface area is 42.6 Å². The summed E-state index contributed by atoms with van der Waals surface area (Å²) in [6.07, 6.45) is 1.49. The monoisotopic (exact) mass is 100 g/mol. The van der Waals surface area contributed by atoms with Crippen LogP contribution in [0.4, 0.5) is 0 Å². The molecule has 1 heterocycles. The van der Waals surface area contributed by atoms with Crippen molar-refractivity contribution in [1.82, 2.24) is 4.90 Å². The van der Waals surface area contributed by atoms with Gasteiger partial charge in [0.05, 0.1) is 6.67 Å². The standard InChI is InChI=1S/C4H8N2O/c1-6-2-5-3-7-4-6/h3H,2,4H2,1H3. The van der Waals surface area contributed by atoms with E-state index in [0.29, 0.717) is 6.73 Å². The minimum absolute atomic E-state index is 0.670. The Morgan fingerprint density at radius 3 is 3.00 bits per heavy atom. The zero-order valence-corrected chi connectivity index (χ0v) is 4.29. The Bertz CT molecular complexity index is 81.8. The third-order valence-corrected chi connectivity index (χ3v) is 0.767. The van der Waals surface area contributed by atoms with Gasteiger partial charge in [-0.2, -0.15) is 0 Å². The highest BCUT2D eigenvalue weighted by atomic mass is 16.5. The van der Waals surface area contributed by atoms with Gasteiger partial charge in [-0.05, 0) is 7.05 Å². The molecule has 0 fully saturated rings. The van der Waals surface area contributed by atoms with Crippen molar-refractivity contribution in [2.75, 3.05) is 20.4 Å². The molecule has 0 aromatic carbocycles. The third-order valence-electron chi connectivity index (χ3n) is 0.767. The number of hydrogen-bond donors (Lipinski definition) is 0. The smallest absolute Gasteiger partial charge is 0.172 e. The minimum Gasteiger partial charge on any atom is -0.468 e. The predicted molar refractivity (Wildman–Crippen MR) is 27.1 cm³/mol. The Balaban J connectivity index is 2.32. The maximum Gasteiger partial charge on any atom is 0.172 e. The van der Waals surface area contributed by atoms with E-state index >= 15 is 0 Å². The molecule has 1 aliphatic rings. The van der Waals surface area contributed by atoms with E-state index in [2.05, 4.69) is 4.99 Å². The lowest BCUT2D eigenvalue weighted by Crippen LogP contribution is -2.25. The van der Waals surface area contributed by atoms with Crippen LogP contribution in [0.15, 0.2) is 4.99 Å². The number of hydrogen-bond acceptors (Lipinski definition) is 3. The van der Waals surface area contributed by atoms with Crippen LogP contribution in [0.1, 0.15) is 0 Å². The summed E-state index contributed by atoms with van der Waals surface area (Å²) in [5, 5.41) is 0. The normalized spacial score (nSPS) is 21.9. The van der Waals surface area contributed by atoms with Gasteiger partial charge in [0.2, 0.25) is 0 Å². The first-order valence-corrected chi connectivity index (χ1v) is 2.18. The minimum atomic E-state index is 0.670. The molecule has 1 aliphatic heterocycles. The summed E-state index contributed by atoms with van der Waals surface area (Å²) < 4.78 is 4.82. The molecule has 0 atom stereocenters. The summed E-state index contributed by atoms with van der Waals surface area (Å²) in [6.45, 7) is 1.43. The first-order chi connectivity index (χ1) is 3.39. The molecular formula is C4H8N2O. The highest BCUT2D eigenvalue weighted by Crippen LogP contribution is 1.87. The van der Waals surface area contributed by atoms with Crippen molar-refractivity contribution < 1.29 is 4.74 Å². The van der Waals surface area contributed by atoms with Gasteiger partial charge in [0.15, 0.2) is 6.40 Å². The van der Waals surface area contributed by atoms with Crippen LogP contribution in [0.25, 0.3) is 0 Å². The number of ether oxygens (including phenoxy) is 1. The fourth-order valence-corrected chi connectivity index (χ4v) is 0.427. The van der Waals surface area contributed by atoms with Gasteiger partial charge in [0, 0.05) is 0 Å². The van der Waals surface area contributed by atoms with E-state index in [-0.39, 0.29) is 0 Å². The van der Waals surface area contributed by atoms with E-state index in [1.54, 1.807) is 0 Å². The zero-order valence-electron chi connectivity index (χ0n) is 4.29. The molecule has 0 aromatic heterocycles. The van der Waals surface area contributed by atoms with Gasteiger partial charge >= 0.3 is 0 Å². The van der Waals surface area contributed by atoms with Crippen molar-refractivity contribution in [1.29, 1.82) is 0 Å². The second-order valence-electron chi connectivity index (χ2n) is 1.58. The molecule has 0 bridgehead atoms. The van der Waals surface area contributed by atoms with Gasteiger partial charge in [-0.1, -0.05) is 0 Å². The van der Waals surface area contributed by atoms with Crippen LogP contribution >= 0.6 is 0 Å². The summed E-state index contributed by atoms with van der Waals surface area (Å²) >= 11 is 0. The van der Waals surface area contributed by atoms with Crippen LogP contribution < -0.4 is 0 Å². The van der Waals surface area contributed by atoms with Gasteiger partial charge in [-0.15, -0.1) is 0 Å². The molecule has 0 saturated heterocycles. The van der Waals surface area contributed by atoms with Crippen molar-refractivity contribution in [3.8, 4) is 0 Å². The first-order valence-electron chi connectivity index (χ1n) is 2.18. The number of rotatable bonds is 0. The van der Waals surface area contributed by atoms with Crippen LogP contribution in [0.5, 0.6) is 0 Å². The number of aliphatic imine (C=N–C) groups is 1. The van der Waals surface area contributed by atoms with Crippen LogP contribution in [-0.4, -0.2) is 31.7 Å². The molecule has 7 heavy (non-hydrogen) atoms. The molecule has 0 N–H and O–H groups in total. The SMILES string of the molecule is CN1CN=COC1. The van der Waals surface area contributed by atoms with Gasteiger partial charge in [-0.25, -0.2) is 4.99 Å². The molecule has 0 spiro atoms. The fourth-order valence-electron chi connectivity index (χ4n) is 0.427. The second-order valence-corrected chi connectivity index (χ2v) is 1.58. The molecule has 40 valence electrons. The van der Waals surface area contributed by atoms with Crippen LogP contribution in [0.2, 0.25) is 0 Å². The largest absolute Gasteiger partial charge is 0.468 e. The van der Waals surface area contributed by atoms with Gasteiger partial charge in [-0.3, -0.25) is 4.90 Å². The maximum absolute atomic E-state index is 4.82. The summed E-state index contributed by atoms with van der Waals surface area (Å²) in [5.41, 5.74) is 0. The van der Waals surface area contributed by atoms with Crippen LogP contribution in [0.3, 0.4) is 0 Å². The van der Waals surface area contributed by atoms with Crippen molar-refractivity contribution >= 4 is 6.40 Å². The molecule has 1 rings (SSSR count). The molecular weight excluding hydrogens is 92.1 g/mol. The molecule has 0 saturated carbocycles. The average molecular weight is 100 g/mol. The topological polar surface area (TPSA) is 24.8 Å². The van der Waals surface area contributed by atoms with E-state index in [9.17, 15) is 0 Å². The van der Waals surface area contributed by atoms with Gasteiger partial charge < -0.3 is 4.74 Å². The van der Waals surface area contributed by atoms with Crippen molar-refractivity contribution in [2.24, 2.45) is 4.99 Å². The fraction of sp³-hybridized carbons (Fsp3) is 0.750. The Kier molecular flexibility index (Phi) is 1.26. The summed E-state index contributed by atoms with van der Waals surface area (Å²) in [5.74, 6) is 0. The molecule has 3 heteroatoms. The van der Waals surface area contributed by atoms with Crippen molar-refractivity contribution in [3.63, 3.8) is 0 Å². The van der Waals surface area contributed by atoms with Gasteiger partial charge in [0.25, 0.3) is 0 Å². The van der Waals surface area contributed by atoms with Crippen LogP contribution in [0, 0.1) is 0 Å². The highest BCUT2D eigenvalue weighted by molar-refractivity contribution is 5.46. The first kappa shape index (κ1) is 4.59. The van der Waals surface area contributed by atoms with Crippen LogP contribution in [-0.2, 0) is 4.74 Å². The van der Waals surface area contributed by atoms with E-state index in [0.717, 1.165) is 6.67 Å². The van der Waals surface area contributed by atoms with E-state index in [1.165, 1.54) is 6.40 Å². The zero-order chi connectivity index (χ0) is 5.11. The molecule has 0 aromatic rings. The lowest BCUT2D eigenvalue weighted by atomic mass is 10.8. The van der Waals surface area contributed by atoms with E-state index in [1.807, 2.05) is 11.9 Å². The van der Waals surface area contributed by atoms with Gasteiger partial charge in [0.1, 0.15) is 6.73 Å². The second kappa shape index (κ2) is 1.93. The van der Waals surface area contributed by atoms with E-state index in [4.69, 9.17) is 4.74 Å². The summed E-state index contributed by atoms with van der Waals surface area (Å²) in [6, 6.07) is 0. The Hall–Kier alpha value is -0.570. The maximum atomic E-state index is 4.82. The molecule has 0 aliphatic carbocycles. The lowest BCUT2D eigenvalue weighted by molar-refractivity contribution is 0.134. The lowest BCUT2D eigenvalue weighted by Gasteiger charge is -2.15. The molecule has 0 amide bonds. The highest BCUT2D eigenvalue weighted by Gasteiger charge is 1.96. The molecule has 0 radical (unpaired) electrons. The van der Waals surface area contributed by atoms with Crippen molar-refractivity contribution in [3.05, 3.63) is 0 Å². The molecule has 0 unspecified atom stereocenters. The van der Waals surface area contributed by atoms with Crippen molar-refractivity contribution in [2.45, 2.75) is 0 Å². The molecule has 3 nitrogen and oxygen atoms in total. The Morgan fingerprint density at radius 1 is 1.86 bits per heavy atom. The Morgan fingerprint density at radius 2 is 2.71 bits per heavy atom. The predicted octanol–water partition coefficient (Wildman–Crippen LogP) is -0.108. The van der Waals surface area contributed by atoms with E-state index < -0.39 is 0 Å². The summed E-state index contributed by atoms with van der Waals surface area (Å²) in [4.78, 5) is 5.81. The summed E-state index contributed by atoms with van der Waals surface area (Å²) in [7, 11) is 1.95. The quantitative estimate of drug-likeness (QED) is 0.424. The number of nitrogens with zero attached hydrogens (tertiary/aromatic N) is 2. The average Bonchev–Trinajstić information content (AvgIpc) is 1.69.